The number of aliphatic hydroxyl groups excluding tert-OH is 1. The average Bonchev–Trinajstić information content (AvgIpc) is 3.93. The number of aryl methyl sites for hydroxylation is 1. The third-order valence-electron chi connectivity index (χ3n) is 8.59. The molecule has 0 unspecified atom stereocenters. The maximum absolute atomic E-state index is 13.6. The van der Waals surface area contributed by atoms with E-state index in [1.165, 1.54) is 23.0 Å². The molecule has 3 aromatic carbocycles. The van der Waals surface area contributed by atoms with Gasteiger partial charge < -0.3 is 24.6 Å². The van der Waals surface area contributed by atoms with E-state index in [-0.39, 0.29) is 29.5 Å². The van der Waals surface area contributed by atoms with E-state index in [1.54, 1.807) is 65.3 Å². The van der Waals surface area contributed by atoms with Crippen LogP contribution < -0.4 is 16.4 Å². The van der Waals surface area contributed by atoms with Gasteiger partial charge in [0.2, 0.25) is 0 Å². The Labute approximate surface area is 259 Å². The number of nitrogens with zero attached hydrogens (tertiary/aromatic N) is 4. The van der Waals surface area contributed by atoms with Gasteiger partial charge in [-0.2, -0.15) is 0 Å². The monoisotopic (exact) mass is 603 g/mol. The van der Waals surface area contributed by atoms with Gasteiger partial charge in [-0.05, 0) is 72.2 Å². The molecule has 2 fully saturated rings. The van der Waals surface area contributed by atoms with E-state index in [1.807, 2.05) is 24.3 Å². The molecule has 1 aliphatic carbocycles. The van der Waals surface area contributed by atoms with Gasteiger partial charge in [-0.25, -0.2) is 4.98 Å². The van der Waals surface area contributed by atoms with Gasteiger partial charge in [0, 0.05) is 60.3 Å². The molecule has 10 heteroatoms. The number of ether oxygens (including phenoxy) is 1. The number of hydrogen-bond donors (Lipinski definition) is 2. The van der Waals surface area contributed by atoms with Gasteiger partial charge in [-0.3, -0.25) is 19.0 Å². The second kappa shape index (κ2) is 11.8. The van der Waals surface area contributed by atoms with Crippen molar-refractivity contribution < 1.29 is 14.6 Å². The molecule has 0 spiro atoms. The molecular formula is C35H33N5O5. The van der Waals surface area contributed by atoms with Crippen LogP contribution in [-0.4, -0.2) is 56.3 Å². The van der Waals surface area contributed by atoms with Crippen LogP contribution in [-0.2, 0) is 18.4 Å². The topological polar surface area (TPSA) is 119 Å². The van der Waals surface area contributed by atoms with Gasteiger partial charge in [0.1, 0.15) is 0 Å². The van der Waals surface area contributed by atoms with E-state index in [0.29, 0.717) is 71.4 Å². The van der Waals surface area contributed by atoms with Crippen LogP contribution in [0.5, 0.6) is 0 Å². The molecule has 1 aliphatic heterocycles. The molecule has 1 saturated carbocycles. The Morgan fingerprint density at radius 1 is 1.00 bits per heavy atom. The first-order chi connectivity index (χ1) is 21.9. The Balaban J connectivity index is 1.21. The zero-order valence-electron chi connectivity index (χ0n) is 24.9. The lowest BCUT2D eigenvalue weighted by Gasteiger charge is -2.26. The van der Waals surface area contributed by atoms with Crippen molar-refractivity contribution in [2.24, 2.45) is 7.05 Å². The first-order valence-electron chi connectivity index (χ1n) is 15.1. The SMILES string of the molecule is Cn1cc(-c2cccc(-n3ccc4cc(C5CC5)ccc4c3=O)c2CO)nc(Nc2ccc(C(=O)N3CCOCC3)cc2)c1=O. The van der Waals surface area contributed by atoms with Crippen molar-refractivity contribution in [1.29, 1.82) is 0 Å². The molecule has 0 atom stereocenters. The largest absolute Gasteiger partial charge is 0.392 e. The van der Waals surface area contributed by atoms with Crippen LogP contribution in [0, 0.1) is 0 Å². The number of hydrogen-bond acceptors (Lipinski definition) is 7. The zero-order valence-corrected chi connectivity index (χ0v) is 24.9. The van der Waals surface area contributed by atoms with E-state index in [2.05, 4.69) is 16.4 Å². The summed E-state index contributed by atoms with van der Waals surface area (Å²) in [4.78, 5) is 46.0. The Bertz CT molecular complexity index is 2040. The van der Waals surface area contributed by atoms with Crippen LogP contribution in [0.4, 0.5) is 11.5 Å². The molecule has 1 saturated heterocycles. The Kier molecular flexibility index (Phi) is 7.52. The lowest BCUT2D eigenvalue weighted by atomic mass is 10.0. The summed E-state index contributed by atoms with van der Waals surface area (Å²) in [7, 11) is 1.63. The molecule has 10 nitrogen and oxygen atoms in total. The molecule has 0 bridgehead atoms. The standard InChI is InChI=1S/C35H33N5O5/c1-38-20-30(37-32(35(38)44)36-26-10-7-23(8-11-26)33(42)39-15-17-45-18-16-39)28-3-2-4-31(29(28)21-41)40-14-13-25-19-24(22-5-6-22)9-12-27(25)34(40)43/h2-4,7-14,19-20,22,41H,5-6,15-18,21H2,1H3,(H,36,37). The first-order valence-corrected chi connectivity index (χ1v) is 15.1. The summed E-state index contributed by atoms with van der Waals surface area (Å²) < 4.78 is 8.31. The number of pyridine rings is 1. The van der Waals surface area contributed by atoms with Crippen LogP contribution in [0.2, 0.25) is 0 Å². The van der Waals surface area contributed by atoms with Crippen LogP contribution >= 0.6 is 0 Å². The van der Waals surface area contributed by atoms with Crippen molar-refractivity contribution in [2.45, 2.75) is 25.4 Å². The number of morpholine rings is 1. The number of aliphatic hydroxyl groups is 1. The lowest BCUT2D eigenvalue weighted by Crippen LogP contribution is -2.40. The number of aromatic nitrogens is 3. The van der Waals surface area contributed by atoms with Crippen molar-refractivity contribution in [3.05, 3.63) is 117 Å². The predicted molar refractivity (Wildman–Crippen MR) is 172 cm³/mol. The Morgan fingerprint density at radius 3 is 2.51 bits per heavy atom. The minimum absolute atomic E-state index is 0.0640. The summed E-state index contributed by atoms with van der Waals surface area (Å²) in [6.45, 7) is 1.82. The molecule has 7 rings (SSSR count). The Morgan fingerprint density at radius 2 is 1.78 bits per heavy atom. The number of fused-ring (bicyclic) bond motifs is 1. The number of anilines is 2. The van der Waals surface area contributed by atoms with Crippen molar-refractivity contribution in [1.82, 2.24) is 19.0 Å². The fraction of sp³-hybridized carbons (Fsp3) is 0.257. The van der Waals surface area contributed by atoms with Gasteiger partial charge >= 0.3 is 0 Å². The van der Waals surface area contributed by atoms with Crippen molar-refractivity contribution in [3.8, 4) is 16.9 Å². The Hall–Kier alpha value is -5.06. The van der Waals surface area contributed by atoms with Crippen LogP contribution in [0.1, 0.15) is 40.2 Å². The second-order valence-electron chi connectivity index (χ2n) is 11.6. The van der Waals surface area contributed by atoms with Gasteiger partial charge in [0.15, 0.2) is 5.82 Å². The summed E-state index contributed by atoms with van der Waals surface area (Å²) in [6, 6.07) is 20.3. The lowest BCUT2D eigenvalue weighted by molar-refractivity contribution is 0.0303. The number of nitrogens with one attached hydrogen (secondary N) is 1. The first kappa shape index (κ1) is 28.7. The van der Waals surface area contributed by atoms with E-state index in [0.717, 1.165) is 5.39 Å². The van der Waals surface area contributed by atoms with E-state index in [4.69, 9.17) is 4.74 Å². The van der Waals surface area contributed by atoms with Crippen molar-refractivity contribution in [2.75, 3.05) is 31.6 Å². The molecule has 5 aromatic rings. The van der Waals surface area contributed by atoms with Crippen LogP contribution in [0.15, 0.2) is 88.7 Å². The van der Waals surface area contributed by atoms with E-state index in [9.17, 15) is 19.5 Å². The summed E-state index contributed by atoms with van der Waals surface area (Å²) in [5.41, 5.74) is 3.99. The number of amides is 1. The number of rotatable bonds is 7. The number of benzene rings is 3. The maximum Gasteiger partial charge on any atom is 0.293 e. The summed E-state index contributed by atoms with van der Waals surface area (Å²) in [5.74, 6) is 0.615. The fourth-order valence-corrected chi connectivity index (χ4v) is 5.93. The quantitative estimate of drug-likeness (QED) is 0.284. The zero-order chi connectivity index (χ0) is 31.1. The molecule has 2 aromatic heterocycles. The third-order valence-corrected chi connectivity index (χ3v) is 8.59. The van der Waals surface area contributed by atoms with E-state index < -0.39 is 0 Å². The maximum atomic E-state index is 13.6. The highest BCUT2D eigenvalue weighted by atomic mass is 16.5. The third kappa shape index (κ3) is 5.54. The minimum atomic E-state index is -0.345. The molecular weight excluding hydrogens is 570 g/mol. The van der Waals surface area contributed by atoms with Gasteiger partial charge in [-0.1, -0.05) is 24.3 Å². The number of carbonyl (C=O) groups excluding carboxylic acids is 1. The van der Waals surface area contributed by atoms with E-state index >= 15 is 0 Å². The molecule has 2 N–H and O–H groups in total. The molecule has 45 heavy (non-hydrogen) atoms. The second-order valence-corrected chi connectivity index (χ2v) is 11.6. The highest BCUT2D eigenvalue weighted by Gasteiger charge is 2.24. The highest BCUT2D eigenvalue weighted by Crippen LogP contribution is 2.40. The molecule has 1 amide bonds. The van der Waals surface area contributed by atoms with Crippen molar-refractivity contribution >= 4 is 28.2 Å². The smallest absolute Gasteiger partial charge is 0.293 e. The van der Waals surface area contributed by atoms with Gasteiger partial charge in [-0.15, -0.1) is 0 Å². The molecule has 2 aliphatic rings. The summed E-state index contributed by atoms with van der Waals surface area (Å²) in [6.07, 6.45) is 5.73. The van der Waals surface area contributed by atoms with Crippen LogP contribution in [0.25, 0.3) is 27.7 Å². The minimum Gasteiger partial charge on any atom is -0.392 e. The van der Waals surface area contributed by atoms with Crippen LogP contribution in [0.3, 0.4) is 0 Å². The highest BCUT2D eigenvalue weighted by molar-refractivity contribution is 5.94. The normalized spacial score (nSPS) is 14.9. The van der Waals surface area contributed by atoms with Gasteiger partial charge in [0.25, 0.3) is 17.0 Å². The number of carbonyl (C=O) groups is 1. The fourth-order valence-electron chi connectivity index (χ4n) is 5.93. The van der Waals surface area contributed by atoms with Crippen molar-refractivity contribution in [3.63, 3.8) is 0 Å². The molecule has 3 heterocycles. The summed E-state index contributed by atoms with van der Waals surface area (Å²) >= 11 is 0. The molecule has 0 radical (unpaired) electrons. The summed E-state index contributed by atoms with van der Waals surface area (Å²) in [5, 5.41) is 15.2. The predicted octanol–water partition coefficient (Wildman–Crippen LogP) is 4.34. The van der Waals surface area contributed by atoms with Gasteiger partial charge in [0.05, 0.1) is 31.2 Å². The molecule has 228 valence electrons. The average molecular weight is 604 g/mol.